The molecule has 0 bridgehead atoms. The third-order valence-electron chi connectivity index (χ3n) is 2.67. The molecule has 0 saturated carbocycles. The number of aromatic nitrogens is 1. The summed E-state index contributed by atoms with van der Waals surface area (Å²) in [5.74, 6) is 0.442. The fourth-order valence-electron chi connectivity index (χ4n) is 1.65. The molecule has 108 valence electrons. The van der Waals surface area contributed by atoms with Gasteiger partial charge in [-0.25, -0.2) is 18.1 Å². The lowest BCUT2D eigenvalue weighted by molar-refractivity contribution is 0.568. The summed E-state index contributed by atoms with van der Waals surface area (Å²) in [6.45, 7) is 1.79. The number of hydrogen-bond donors (Lipinski definition) is 2. The molecule has 0 aliphatic carbocycles. The lowest BCUT2D eigenvalue weighted by Crippen LogP contribution is -2.26. The van der Waals surface area contributed by atoms with Crippen LogP contribution in [-0.4, -0.2) is 20.4 Å². The molecule has 2 heterocycles. The summed E-state index contributed by atoms with van der Waals surface area (Å²) < 4.78 is 27.1. The van der Waals surface area contributed by atoms with Gasteiger partial charge in [-0.15, -0.1) is 11.3 Å². The lowest BCUT2D eigenvalue weighted by atomic mass is 10.3. The normalized spacial score (nSPS) is 13.2. The SMILES string of the molecule is CNc1ncc(S(=O)(=O)NC(C)c2cccs2)cc1Cl. The number of nitrogens with one attached hydrogen (secondary N) is 2. The first-order valence-corrected chi connectivity index (χ1v) is 8.57. The van der Waals surface area contributed by atoms with E-state index in [0.717, 1.165) is 4.88 Å². The van der Waals surface area contributed by atoms with E-state index >= 15 is 0 Å². The Hall–Kier alpha value is -1.15. The highest BCUT2D eigenvalue weighted by Gasteiger charge is 2.20. The zero-order valence-electron chi connectivity index (χ0n) is 10.9. The van der Waals surface area contributed by atoms with Crippen LogP contribution in [0.1, 0.15) is 17.8 Å². The molecule has 2 N–H and O–H groups in total. The molecular formula is C12H14ClN3O2S2. The van der Waals surface area contributed by atoms with E-state index < -0.39 is 10.0 Å². The van der Waals surface area contributed by atoms with Gasteiger partial charge >= 0.3 is 0 Å². The average Bonchev–Trinajstić information content (AvgIpc) is 2.92. The van der Waals surface area contributed by atoms with Crippen molar-refractivity contribution in [1.29, 1.82) is 0 Å². The molecule has 0 amide bonds. The molecule has 2 aromatic rings. The van der Waals surface area contributed by atoms with Crippen LogP contribution < -0.4 is 10.0 Å². The van der Waals surface area contributed by atoms with E-state index in [1.165, 1.54) is 23.6 Å². The molecule has 8 heteroatoms. The number of nitrogens with zero attached hydrogens (tertiary/aromatic N) is 1. The van der Waals surface area contributed by atoms with Crippen molar-refractivity contribution in [2.75, 3.05) is 12.4 Å². The monoisotopic (exact) mass is 331 g/mol. The van der Waals surface area contributed by atoms with Crippen LogP contribution in [0.3, 0.4) is 0 Å². The van der Waals surface area contributed by atoms with E-state index in [4.69, 9.17) is 11.6 Å². The molecule has 5 nitrogen and oxygen atoms in total. The first-order valence-electron chi connectivity index (χ1n) is 5.83. The first-order chi connectivity index (χ1) is 9.44. The Bertz CT molecular complexity index is 687. The Kier molecular flexibility index (Phi) is 4.64. The van der Waals surface area contributed by atoms with E-state index in [0.29, 0.717) is 5.82 Å². The molecule has 0 spiro atoms. The number of thiophene rings is 1. The van der Waals surface area contributed by atoms with Gasteiger partial charge in [-0.3, -0.25) is 0 Å². The van der Waals surface area contributed by atoms with Gasteiger partial charge < -0.3 is 5.32 Å². The molecule has 0 saturated heterocycles. The quantitative estimate of drug-likeness (QED) is 0.883. The molecule has 20 heavy (non-hydrogen) atoms. The van der Waals surface area contributed by atoms with Crippen LogP contribution in [0, 0.1) is 0 Å². The maximum atomic E-state index is 12.3. The van der Waals surface area contributed by atoms with Crippen LogP contribution in [-0.2, 0) is 10.0 Å². The van der Waals surface area contributed by atoms with Crippen LogP contribution in [0.15, 0.2) is 34.7 Å². The van der Waals surface area contributed by atoms with Crippen LogP contribution in [0.2, 0.25) is 5.02 Å². The molecule has 1 atom stereocenters. The molecule has 0 radical (unpaired) electrons. The number of anilines is 1. The minimum Gasteiger partial charge on any atom is -0.372 e. The Labute approximate surface area is 127 Å². The van der Waals surface area contributed by atoms with Gasteiger partial charge in [-0.2, -0.15) is 0 Å². The molecule has 0 fully saturated rings. The number of halogens is 1. The topological polar surface area (TPSA) is 71.1 Å². The maximum Gasteiger partial charge on any atom is 0.242 e. The summed E-state index contributed by atoms with van der Waals surface area (Å²) >= 11 is 7.45. The molecule has 1 unspecified atom stereocenters. The summed E-state index contributed by atoms with van der Waals surface area (Å²) in [6.07, 6.45) is 1.28. The zero-order valence-corrected chi connectivity index (χ0v) is 13.3. The Morgan fingerprint density at radius 2 is 2.20 bits per heavy atom. The minimum atomic E-state index is -3.65. The zero-order chi connectivity index (χ0) is 14.8. The second kappa shape index (κ2) is 6.09. The van der Waals surface area contributed by atoms with Gasteiger partial charge in [0, 0.05) is 18.1 Å². The van der Waals surface area contributed by atoms with Crippen LogP contribution in [0.5, 0.6) is 0 Å². The Morgan fingerprint density at radius 3 is 2.75 bits per heavy atom. The van der Waals surface area contributed by atoms with Gasteiger partial charge in [0.2, 0.25) is 10.0 Å². The third kappa shape index (κ3) is 3.29. The van der Waals surface area contributed by atoms with Crippen molar-refractivity contribution in [3.8, 4) is 0 Å². The number of pyridine rings is 1. The minimum absolute atomic E-state index is 0.0462. The van der Waals surface area contributed by atoms with Crippen molar-refractivity contribution in [2.24, 2.45) is 0 Å². The summed E-state index contributed by atoms with van der Waals surface area (Å²) in [6, 6.07) is 4.84. The standard InChI is InChI=1S/C12H14ClN3O2S2/c1-8(11-4-3-5-19-11)16-20(17,18)9-6-10(13)12(14-2)15-7-9/h3-8,16H,1-2H3,(H,14,15). The molecule has 0 aliphatic rings. The molecule has 0 aromatic carbocycles. The largest absolute Gasteiger partial charge is 0.372 e. The van der Waals surface area contributed by atoms with Crippen molar-refractivity contribution in [1.82, 2.24) is 9.71 Å². The van der Waals surface area contributed by atoms with Gasteiger partial charge in [0.1, 0.15) is 10.7 Å². The van der Waals surface area contributed by atoms with Gasteiger partial charge in [0.25, 0.3) is 0 Å². The van der Waals surface area contributed by atoms with E-state index in [1.54, 1.807) is 14.0 Å². The van der Waals surface area contributed by atoms with Crippen LogP contribution in [0.4, 0.5) is 5.82 Å². The average molecular weight is 332 g/mol. The summed E-state index contributed by atoms with van der Waals surface area (Å²) in [7, 11) is -1.98. The smallest absolute Gasteiger partial charge is 0.242 e. The Morgan fingerprint density at radius 1 is 1.45 bits per heavy atom. The number of hydrogen-bond acceptors (Lipinski definition) is 5. The van der Waals surface area contributed by atoms with Crippen molar-refractivity contribution >= 4 is 38.8 Å². The second-order valence-electron chi connectivity index (χ2n) is 4.11. The predicted molar refractivity (Wildman–Crippen MR) is 81.8 cm³/mol. The maximum absolute atomic E-state index is 12.3. The molecular weight excluding hydrogens is 318 g/mol. The lowest BCUT2D eigenvalue weighted by Gasteiger charge is -2.13. The molecule has 2 aromatic heterocycles. The van der Waals surface area contributed by atoms with E-state index in [1.807, 2.05) is 17.5 Å². The van der Waals surface area contributed by atoms with E-state index in [9.17, 15) is 8.42 Å². The summed E-state index contributed by atoms with van der Waals surface area (Å²) in [5.41, 5.74) is 0. The van der Waals surface area contributed by atoms with Gasteiger partial charge in [0.15, 0.2) is 0 Å². The molecule has 2 rings (SSSR count). The second-order valence-corrected chi connectivity index (χ2v) is 7.21. The highest BCUT2D eigenvalue weighted by Crippen LogP contribution is 2.24. The highest BCUT2D eigenvalue weighted by atomic mass is 35.5. The number of sulfonamides is 1. The fourth-order valence-corrected chi connectivity index (χ4v) is 3.98. The first kappa shape index (κ1) is 15.2. The van der Waals surface area contributed by atoms with Crippen LogP contribution in [0.25, 0.3) is 0 Å². The summed E-state index contributed by atoms with van der Waals surface area (Å²) in [5, 5.41) is 4.95. The predicted octanol–water partition coefficient (Wildman–Crippen LogP) is 2.88. The van der Waals surface area contributed by atoms with Gasteiger partial charge in [0.05, 0.1) is 11.1 Å². The molecule has 0 aliphatic heterocycles. The van der Waals surface area contributed by atoms with Crippen LogP contribution >= 0.6 is 22.9 Å². The van der Waals surface area contributed by atoms with Crippen molar-refractivity contribution in [3.63, 3.8) is 0 Å². The van der Waals surface area contributed by atoms with E-state index in [-0.39, 0.29) is 16.0 Å². The third-order valence-corrected chi connectivity index (χ3v) is 5.52. The number of rotatable bonds is 5. The fraction of sp³-hybridized carbons (Fsp3) is 0.250. The van der Waals surface area contributed by atoms with Crippen molar-refractivity contribution in [2.45, 2.75) is 17.9 Å². The van der Waals surface area contributed by atoms with Crippen molar-refractivity contribution < 1.29 is 8.42 Å². The van der Waals surface area contributed by atoms with Gasteiger partial charge in [-0.1, -0.05) is 17.7 Å². The van der Waals surface area contributed by atoms with Gasteiger partial charge in [-0.05, 0) is 24.4 Å². The van der Waals surface area contributed by atoms with E-state index in [2.05, 4.69) is 15.0 Å². The highest BCUT2D eigenvalue weighted by molar-refractivity contribution is 7.89. The van der Waals surface area contributed by atoms with Crippen molar-refractivity contribution in [3.05, 3.63) is 39.7 Å². The summed E-state index contributed by atoms with van der Waals surface area (Å²) in [4.78, 5) is 4.96. The Balaban J connectivity index is 2.24.